The Labute approximate surface area is 215 Å². The van der Waals surface area contributed by atoms with Crippen LogP contribution >= 0.6 is 11.6 Å². The summed E-state index contributed by atoms with van der Waals surface area (Å²) in [5, 5.41) is 0.306. The van der Waals surface area contributed by atoms with Crippen LogP contribution in [0.1, 0.15) is 40.2 Å². The smallest absolute Gasteiger partial charge is 0.290 e. The molecule has 0 aromatic heterocycles. The monoisotopic (exact) mass is 515 g/mol. The van der Waals surface area contributed by atoms with Gasteiger partial charge in [-0.1, -0.05) is 23.7 Å². The lowest BCUT2D eigenvalue weighted by atomic mass is 9.89. The molecule has 2 amide bonds. The van der Waals surface area contributed by atoms with Crippen molar-refractivity contribution in [2.24, 2.45) is 5.92 Å². The molecule has 1 unspecified atom stereocenters. The van der Waals surface area contributed by atoms with Crippen molar-refractivity contribution >= 4 is 34.9 Å². The number of hydrogen-bond donors (Lipinski definition) is 0. The van der Waals surface area contributed by atoms with Gasteiger partial charge in [-0.15, -0.1) is 0 Å². The summed E-state index contributed by atoms with van der Waals surface area (Å²) in [5.74, 6) is -1.82. The van der Waals surface area contributed by atoms with Gasteiger partial charge in [-0.25, -0.2) is 4.39 Å². The van der Waals surface area contributed by atoms with Crippen molar-refractivity contribution in [1.29, 1.82) is 0 Å². The van der Waals surface area contributed by atoms with E-state index in [1.807, 2.05) is 17.0 Å². The Morgan fingerprint density at radius 1 is 1.11 bits per heavy atom. The third kappa shape index (κ3) is 5.39. The summed E-state index contributed by atoms with van der Waals surface area (Å²) in [7, 11) is 4.64. The molecular weight excluding hydrogens is 485 g/mol. The number of likely N-dealkylation sites (N-methyl/N-ethyl adjacent to an activating group) is 1. The summed E-state index contributed by atoms with van der Waals surface area (Å²) >= 11 is 6.57. The largest absolute Gasteiger partial charge is 0.364 e. The highest BCUT2D eigenvalue weighted by molar-refractivity contribution is 6.39. The first-order valence-electron chi connectivity index (χ1n) is 12.1. The van der Waals surface area contributed by atoms with E-state index in [9.17, 15) is 18.8 Å². The maximum absolute atomic E-state index is 13.5. The molecule has 36 heavy (non-hydrogen) atoms. The van der Waals surface area contributed by atoms with Crippen LogP contribution < -0.4 is 4.90 Å². The third-order valence-electron chi connectivity index (χ3n) is 7.02. The Bertz CT molecular complexity index is 1150. The fraction of sp³-hybridized carbons (Fsp3) is 0.444. The van der Waals surface area contributed by atoms with Gasteiger partial charge in [0.25, 0.3) is 11.8 Å². The lowest BCUT2D eigenvalue weighted by molar-refractivity contribution is -0.143. The van der Waals surface area contributed by atoms with Crippen molar-refractivity contribution < 1.29 is 23.5 Å². The number of ketones is 1. The Morgan fingerprint density at radius 3 is 2.39 bits per heavy atom. The van der Waals surface area contributed by atoms with E-state index in [1.54, 1.807) is 38.2 Å². The van der Waals surface area contributed by atoms with Crippen molar-refractivity contribution in [2.75, 3.05) is 52.5 Å². The highest BCUT2D eigenvalue weighted by Crippen LogP contribution is 2.41. The maximum Gasteiger partial charge on any atom is 0.290 e. The molecule has 0 N–H and O–H groups in total. The predicted octanol–water partition coefficient (Wildman–Crippen LogP) is 3.74. The fourth-order valence-electron chi connectivity index (χ4n) is 5.05. The van der Waals surface area contributed by atoms with Gasteiger partial charge in [-0.05, 0) is 60.6 Å². The first-order chi connectivity index (χ1) is 17.2. The van der Waals surface area contributed by atoms with Gasteiger partial charge in [0.15, 0.2) is 0 Å². The summed E-state index contributed by atoms with van der Waals surface area (Å²) in [5.41, 5.74) is 2.74. The van der Waals surface area contributed by atoms with Crippen LogP contribution in [0.3, 0.4) is 0 Å². The number of rotatable bonds is 7. The van der Waals surface area contributed by atoms with Gasteiger partial charge in [0.2, 0.25) is 5.78 Å². The number of hydrogen-bond acceptors (Lipinski definition) is 5. The van der Waals surface area contributed by atoms with E-state index < -0.39 is 17.6 Å². The molecule has 2 aliphatic rings. The number of carbonyl (C=O) groups is 3. The Hall–Kier alpha value is -2.97. The number of piperidine rings is 1. The molecule has 1 fully saturated rings. The molecule has 9 heteroatoms. The van der Waals surface area contributed by atoms with Crippen LogP contribution in [-0.2, 0) is 20.7 Å². The van der Waals surface area contributed by atoms with Crippen molar-refractivity contribution in [3.8, 4) is 0 Å². The average molecular weight is 516 g/mol. The topological polar surface area (TPSA) is 70.2 Å². The molecule has 7 nitrogen and oxygen atoms in total. The summed E-state index contributed by atoms with van der Waals surface area (Å²) in [6, 6.07) is 9.93. The first-order valence-corrected chi connectivity index (χ1v) is 12.4. The average Bonchev–Trinajstić information content (AvgIpc) is 3.21. The summed E-state index contributed by atoms with van der Waals surface area (Å²) < 4.78 is 18.5. The van der Waals surface area contributed by atoms with E-state index >= 15 is 0 Å². The van der Waals surface area contributed by atoms with E-state index in [-0.39, 0.29) is 25.0 Å². The molecular formula is C27H31ClFN3O4. The van der Waals surface area contributed by atoms with Crippen LogP contribution in [0.4, 0.5) is 10.1 Å². The maximum atomic E-state index is 13.5. The van der Waals surface area contributed by atoms with Crippen molar-refractivity contribution in [2.45, 2.75) is 25.2 Å². The van der Waals surface area contributed by atoms with Gasteiger partial charge in [-0.3, -0.25) is 14.4 Å². The SMILES string of the molecule is COCN1CC(C(=O)C(=O)N(C)C)c2cc(C(=O)N3CCC(Cc4ccc(F)cc4)CC3)c(Cl)cc21. The molecule has 0 radical (unpaired) electrons. The molecule has 0 aliphatic carbocycles. The molecule has 4 rings (SSSR count). The second-order valence-corrected chi connectivity index (χ2v) is 10.1. The predicted molar refractivity (Wildman–Crippen MR) is 136 cm³/mol. The van der Waals surface area contributed by atoms with Gasteiger partial charge in [0, 0.05) is 46.5 Å². The molecule has 2 aliphatic heterocycles. The van der Waals surface area contributed by atoms with Crippen LogP contribution in [0.5, 0.6) is 0 Å². The normalized spacial score (nSPS) is 17.8. The summed E-state index contributed by atoms with van der Waals surface area (Å²) in [4.78, 5) is 43.7. The molecule has 2 aromatic rings. The molecule has 0 spiro atoms. The second kappa shape index (κ2) is 11.0. The lowest BCUT2D eigenvalue weighted by Crippen LogP contribution is -2.39. The Balaban J connectivity index is 1.51. The highest BCUT2D eigenvalue weighted by Gasteiger charge is 2.39. The van der Waals surface area contributed by atoms with Crippen LogP contribution in [0, 0.1) is 11.7 Å². The lowest BCUT2D eigenvalue weighted by Gasteiger charge is -2.32. The summed E-state index contributed by atoms with van der Waals surface area (Å²) in [6.07, 6.45) is 2.53. The number of ether oxygens (including phenoxy) is 1. The molecule has 2 aromatic carbocycles. The molecule has 1 saturated heterocycles. The Morgan fingerprint density at radius 2 is 1.78 bits per heavy atom. The number of benzene rings is 2. The van der Waals surface area contributed by atoms with Crippen LogP contribution in [0.2, 0.25) is 5.02 Å². The zero-order valence-electron chi connectivity index (χ0n) is 20.8. The Kier molecular flexibility index (Phi) is 7.95. The van der Waals surface area contributed by atoms with Gasteiger partial charge in [0.1, 0.15) is 12.5 Å². The number of anilines is 1. The quantitative estimate of drug-likeness (QED) is 0.525. The van der Waals surface area contributed by atoms with Crippen molar-refractivity contribution in [1.82, 2.24) is 9.80 Å². The van der Waals surface area contributed by atoms with Crippen LogP contribution in [0.25, 0.3) is 0 Å². The molecule has 2 heterocycles. The van der Waals surface area contributed by atoms with Gasteiger partial charge in [0.05, 0.1) is 16.5 Å². The molecule has 1 atom stereocenters. The number of methoxy groups -OCH3 is 1. The number of amides is 2. The van der Waals surface area contributed by atoms with Gasteiger partial charge < -0.3 is 19.4 Å². The number of likely N-dealkylation sites (tertiary alicyclic amines) is 1. The number of carbonyl (C=O) groups excluding carboxylic acids is 3. The van der Waals surface area contributed by atoms with E-state index in [0.29, 0.717) is 40.8 Å². The second-order valence-electron chi connectivity index (χ2n) is 9.71. The minimum absolute atomic E-state index is 0.182. The van der Waals surface area contributed by atoms with Gasteiger partial charge >= 0.3 is 0 Å². The van der Waals surface area contributed by atoms with E-state index in [4.69, 9.17) is 16.3 Å². The standard InChI is InChI=1S/C27H31ClFN3O4/c1-30(2)27(35)25(33)22-15-32(16-36-3)24-14-23(28)21(13-20(22)24)26(34)31-10-8-18(9-11-31)12-17-4-6-19(29)7-5-17/h4-7,13-14,18,22H,8-12,15-16H2,1-3H3. The zero-order chi connectivity index (χ0) is 26.0. The fourth-order valence-corrected chi connectivity index (χ4v) is 5.29. The molecule has 0 saturated carbocycles. The third-order valence-corrected chi connectivity index (χ3v) is 7.34. The van der Waals surface area contributed by atoms with E-state index in [1.165, 1.54) is 17.0 Å². The van der Waals surface area contributed by atoms with Crippen molar-refractivity contribution in [3.63, 3.8) is 0 Å². The highest BCUT2D eigenvalue weighted by atomic mass is 35.5. The zero-order valence-corrected chi connectivity index (χ0v) is 21.6. The van der Waals surface area contributed by atoms with E-state index in [2.05, 4.69) is 0 Å². The minimum atomic E-state index is -0.699. The number of fused-ring (bicyclic) bond motifs is 1. The van der Waals surface area contributed by atoms with Gasteiger partial charge in [-0.2, -0.15) is 0 Å². The van der Waals surface area contributed by atoms with Crippen molar-refractivity contribution in [3.05, 3.63) is 63.9 Å². The molecule has 192 valence electrons. The minimum Gasteiger partial charge on any atom is -0.364 e. The van der Waals surface area contributed by atoms with Crippen LogP contribution in [-0.4, -0.2) is 75.0 Å². The van der Waals surface area contributed by atoms with Crippen LogP contribution in [0.15, 0.2) is 36.4 Å². The number of Topliss-reactive ketones (excluding diaryl/α,β-unsaturated/α-hetero) is 1. The number of nitrogens with zero attached hydrogens (tertiary/aromatic N) is 3. The number of halogens is 2. The summed E-state index contributed by atoms with van der Waals surface area (Å²) in [6.45, 7) is 1.70. The van der Waals surface area contributed by atoms with E-state index in [0.717, 1.165) is 24.8 Å². The first kappa shape index (κ1) is 26.1. The molecule has 0 bridgehead atoms.